The fourth-order valence-corrected chi connectivity index (χ4v) is 2.83. The number of aromatic nitrogens is 1. The van der Waals surface area contributed by atoms with E-state index in [1.54, 1.807) is 19.1 Å². The largest absolute Gasteiger partial charge is 0.359 e. The van der Waals surface area contributed by atoms with Crippen molar-refractivity contribution in [1.82, 2.24) is 5.16 Å². The molecule has 0 amide bonds. The van der Waals surface area contributed by atoms with E-state index in [-0.39, 0.29) is 10.3 Å². The van der Waals surface area contributed by atoms with Gasteiger partial charge in [-0.3, -0.25) is 4.72 Å². The highest BCUT2D eigenvalue weighted by atomic mass is 32.2. The summed E-state index contributed by atoms with van der Waals surface area (Å²) >= 11 is 0. The van der Waals surface area contributed by atoms with E-state index in [1.165, 1.54) is 6.20 Å². The molecule has 2 rings (SSSR count). The third kappa shape index (κ3) is 3.01. The molecule has 0 saturated heterocycles. The summed E-state index contributed by atoms with van der Waals surface area (Å²) in [5.74, 6) is 0.430. The highest BCUT2D eigenvalue weighted by Gasteiger charge is 2.19. The summed E-state index contributed by atoms with van der Waals surface area (Å²) < 4.78 is 31.8. The lowest BCUT2D eigenvalue weighted by molar-refractivity contribution is 0.398. The maximum atomic E-state index is 12.2. The van der Waals surface area contributed by atoms with Crippen LogP contribution in [0.5, 0.6) is 0 Å². The van der Waals surface area contributed by atoms with Crippen LogP contribution in [0.3, 0.4) is 0 Å². The van der Waals surface area contributed by atoms with E-state index in [4.69, 9.17) is 4.52 Å². The summed E-state index contributed by atoms with van der Waals surface area (Å²) in [5.41, 5.74) is 1.42. The summed E-state index contributed by atoms with van der Waals surface area (Å²) in [4.78, 5) is 0.214. The molecule has 108 valence electrons. The summed E-state index contributed by atoms with van der Waals surface area (Å²) in [6.07, 6.45) is 1.34. The fraction of sp³-hybridized carbons (Fsp3) is 0.357. The Balaban J connectivity index is 2.29. The van der Waals surface area contributed by atoms with Gasteiger partial charge in [0.05, 0.1) is 11.1 Å². The molecule has 1 N–H and O–H groups in total. The van der Waals surface area contributed by atoms with Gasteiger partial charge in [-0.1, -0.05) is 38.1 Å². The number of nitrogens with one attached hydrogen (secondary N) is 1. The zero-order chi connectivity index (χ0) is 15.0. The number of benzene rings is 1. The number of hydrogen-bond acceptors (Lipinski definition) is 4. The van der Waals surface area contributed by atoms with Crippen LogP contribution in [-0.4, -0.2) is 13.6 Å². The lowest BCUT2D eigenvalue weighted by Crippen LogP contribution is -2.15. The zero-order valence-electron chi connectivity index (χ0n) is 12.0. The molecule has 0 radical (unpaired) electrons. The van der Waals surface area contributed by atoms with Crippen LogP contribution in [0.25, 0.3) is 0 Å². The SMILES string of the molecule is Cc1oncc1NS(=O)(=O)c1ccc(C(C)(C)C)cc1. The molecule has 1 aromatic carbocycles. The number of nitrogens with zero attached hydrogens (tertiary/aromatic N) is 1. The molecular weight excluding hydrogens is 276 g/mol. The minimum atomic E-state index is -3.62. The Hall–Kier alpha value is -1.82. The predicted molar refractivity (Wildman–Crippen MR) is 77.2 cm³/mol. The number of anilines is 1. The topological polar surface area (TPSA) is 72.2 Å². The first-order chi connectivity index (χ1) is 9.20. The van der Waals surface area contributed by atoms with Crippen molar-refractivity contribution in [2.45, 2.75) is 38.0 Å². The average Bonchev–Trinajstić information content (AvgIpc) is 2.73. The summed E-state index contributed by atoms with van der Waals surface area (Å²) in [6, 6.07) is 6.86. The van der Waals surface area contributed by atoms with Crippen LogP contribution < -0.4 is 4.72 Å². The molecule has 2 aromatic rings. The Labute approximate surface area is 119 Å². The molecule has 0 aliphatic carbocycles. The van der Waals surface area contributed by atoms with Gasteiger partial charge in [-0.05, 0) is 30.0 Å². The minimum absolute atomic E-state index is 0.0131. The summed E-state index contributed by atoms with van der Waals surface area (Å²) in [5, 5.41) is 3.54. The molecule has 0 atom stereocenters. The Morgan fingerprint density at radius 1 is 1.15 bits per heavy atom. The van der Waals surface area contributed by atoms with Gasteiger partial charge in [-0.15, -0.1) is 0 Å². The predicted octanol–water partition coefficient (Wildman–Crippen LogP) is 3.08. The summed E-state index contributed by atoms with van der Waals surface area (Å²) in [6.45, 7) is 7.88. The number of rotatable bonds is 3. The molecule has 0 aliphatic rings. The second-order valence-corrected chi connectivity index (χ2v) is 7.36. The van der Waals surface area contributed by atoms with Gasteiger partial charge < -0.3 is 4.52 Å². The minimum Gasteiger partial charge on any atom is -0.359 e. The van der Waals surface area contributed by atoms with Gasteiger partial charge in [0.15, 0.2) is 5.76 Å². The van der Waals surface area contributed by atoms with E-state index >= 15 is 0 Å². The molecule has 6 heteroatoms. The molecular formula is C14H18N2O3S. The molecule has 0 aliphatic heterocycles. The van der Waals surface area contributed by atoms with Crippen molar-refractivity contribution >= 4 is 15.7 Å². The van der Waals surface area contributed by atoms with E-state index in [9.17, 15) is 8.42 Å². The van der Waals surface area contributed by atoms with Crippen molar-refractivity contribution in [2.75, 3.05) is 4.72 Å². The molecule has 1 heterocycles. The third-order valence-electron chi connectivity index (χ3n) is 3.03. The smallest absolute Gasteiger partial charge is 0.262 e. The van der Waals surface area contributed by atoms with Crippen LogP contribution in [0.2, 0.25) is 0 Å². The second-order valence-electron chi connectivity index (χ2n) is 5.68. The fourth-order valence-electron chi connectivity index (χ4n) is 1.73. The van der Waals surface area contributed by atoms with Crippen molar-refractivity contribution in [3.8, 4) is 0 Å². The monoisotopic (exact) mass is 294 g/mol. The Kier molecular flexibility index (Phi) is 3.60. The zero-order valence-corrected chi connectivity index (χ0v) is 12.8. The van der Waals surface area contributed by atoms with Crippen LogP contribution in [0.1, 0.15) is 32.1 Å². The van der Waals surface area contributed by atoms with Gasteiger partial charge in [0.1, 0.15) is 5.69 Å². The Morgan fingerprint density at radius 3 is 2.20 bits per heavy atom. The van der Waals surface area contributed by atoms with Gasteiger partial charge >= 0.3 is 0 Å². The Morgan fingerprint density at radius 2 is 1.75 bits per heavy atom. The quantitative estimate of drug-likeness (QED) is 0.944. The van der Waals surface area contributed by atoms with E-state index < -0.39 is 10.0 Å². The molecule has 5 nitrogen and oxygen atoms in total. The third-order valence-corrected chi connectivity index (χ3v) is 4.41. The van der Waals surface area contributed by atoms with Gasteiger partial charge in [0, 0.05) is 0 Å². The van der Waals surface area contributed by atoms with Crippen molar-refractivity contribution in [3.05, 3.63) is 41.8 Å². The lowest BCUT2D eigenvalue weighted by atomic mass is 9.87. The van der Waals surface area contributed by atoms with Crippen LogP contribution in [-0.2, 0) is 15.4 Å². The first-order valence-electron chi connectivity index (χ1n) is 6.25. The molecule has 0 fully saturated rings. The van der Waals surface area contributed by atoms with E-state index in [2.05, 4.69) is 30.6 Å². The maximum absolute atomic E-state index is 12.2. The van der Waals surface area contributed by atoms with Crippen molar-refractivity contribution in [2.24, 2.45) is 0 Å². The highest BCUT2D eigenvalue weighted by molar-refractivity contribution is 7.92. The van der Waals surface area contributed by atoms with Crippen molar-refractivity contribution < 1.29 is 12.9 Å². The van der Waals surface area contributed by atoms with Gasteiger partial charge in [-0.25, -0.2) is 8.42 Å². The molecule has 0 saturated carbocycles. The normalized spacial score (nSPS) is 12.4. The molecule has 0 unspecified atom stereocenters. The summed E-state index contributed by atoms with van der Waals surface area (Å²) in [7, 11) is -3.62. The number of aryl methyl sites for hydroxylation is 1. The average molecular weight is 294 g/mol. The molecule has 1 aromatic heterocycles. The van der Waals surface area contributed by atoms with E-state index in [1.807, 2.05) is 12.1 Å². The standard InChI is InChI=1S/C14H18N2O3S/c1-10-13(9-15-19-10)16-20(17,18)12-7-5-11(6-8-12)14(2,3)4/h5-9,16H,1-4H3. The van der Waals surface area contributed by atoms with Crippen LogP contribution in [0.4, 0.5) is 5.69 Å². The Bertz CT molecular complexity index is 695. The van der Waals surface area contributed by atoms with Crippen molar-refractivity contribution in [3.63, 3.8) is 0 Å². The molecule has 0 spiro atoms. The van der Waals surface area contributed by atoms with Gasteiger partial charge in [0.25, 0.3) is 10.0 Å². The molecule has 20 heavy (non-hydrogen) atoms. The van der Waals surface area contributed by atoms with Gasteiger partial charge in [0.2, 0.25) is 0 Å². The van der Waals surface area contributed by atoms with E-state index in [0.29, 0.717) is 11.4 Å². The molecule has 0 bridgehead atoms. The van der Waals surface area contributed by atoms with Crippen LogP contribution >= 0.6 is 0 Å². The van der Waals surface area contributed by atoms with Crippen LogP contribution in [0.15, 0.2) is 39.9 Å². The van der Waals surface area contributed by atoms with Crippen LogP contribution in [0, 0.1) is 6.92 Å². The second kappa shape index (κ2) is 4.94. The number of sulfonamides is 1. The van der Waals surface area contributed by atoms with Gasteiger partial charge in [-0.2, -0.15) is 0 Å². The van der Waals surface area contributed by atoms with Crippen molar-refractivity contribution in [1.29, 1.82) is 0 Å². The number of hydrogen-bond donors (Lipinski definition) is 1. The highest BCUT2D eigenvalue weighted by Crippen LogP contribution is 2.24. The first kappa shape index (κ1) is 14.6. The van der Waals surface area contributed by atoms with E-state index in [0.717, 1.165) is 5.56 Å². The maximum Gasteiger partial charge on any atom is 0.262 e. The first-order valence-corrected chi connectivity index (χ1v) is 7.73. The lowest BCUT2D eigenvalue weighted by Gasteiger charge is -2.19.